The molecule has 3 rings (SSSR count). The molecule has 0 aromatic heterocycles. The van der Waals surface area contributed by atoms with E-state index in [1.165, 1.54) is 0 Å². The Morgan fingerprint density at radius 2 is 1.76 bits per heavy atom. The summed E-state index contributed by atoms with van der Waals surface area (Å²) >= 11 is 0. The van der Waals surface area contributed by atoms with Gasteiger partial charge in [0.2, 0.25) is 0 Å². The quantitative estimate of drug-likeness (QED) is 0.936. The first-order valence-corrected chi connectivity index (χ1v) is 6.67. The monoisotopic (exact) mass is 283 g/mol. The predicted molar refractivity (Wildman–Crippen MR) is 83.3 cm³/mol. The third-order valence-electron chi connectivity index (χ3n) is 3.31. The van der Waals surface area contributed by atoms with E-state index in [-0.39, 0.29) is 0 Å². The van der Waals surface area contributed by atoms with E-state index in [1.807, 2.05) is 47.5 Å². The van der Waals surface area contributed by atoms with Gasteiger partial charge in [0.05, 0.1) is 32.1 Å². The summed E-state index contributed by atoms with van der Waals surface area (Å²) in [4.78, 5) is 4.46. The molecule has 0 fully saturated rings. The molecule has 5 heteroatoms. The van der Waals surface area contributed by atoms with E-state index < -0.39 is 0 Å². The molecule has 2 aromatic carbocycles. The van der Waals surface area contributed by atoms with Gasteiger partial charge >= 0.3 is 0 Å². The maximum absolute atomic E-state index is 5.34. The van der Waals surface area contributed by atoms with Crippen molar-refractivity contribution in [1.29, 1.82) is 0 Å². The Balaban J connectivity index is 1.82. The number of nitrogens with one attached hydrogen (secondary N) is 1. The minimum Gasteiger partial charge on any atom is -0.493 e. The summed E-state index contributed by atoms with van der Waals surface area (Å²) in [6, 6.07) is 13.9. The Kier molecular flexibility index (Phi) is 3.64. The van der Waals surface area contributed by atoms with Gasteiger partial charge < -0.3 is 9.47 Å². The van der Waals surface area contributed by atoms with E-state index in [9.17, 15) is 0 Å². The highest BCUT2D eigenvalue weighted by Crippen LogP contribution is 2.36. The van der Waals surface area contributed by atoms with Gasteiger partial charge in [-0.15, -0.1) is 0 Å². The maximum atomic E-state index is 5.34. The van der Waals surface area contributed by atoms with Crippen molar-refractivity contribution in [2.24, 2.45) is 4.99 Å². The van der Waals surface area contributed by atoms with Crippen LogP contribution in [0.4, 0.5) is 11.4 Å². The second kappa shape index (κ2) is 5.75. The van der Waals surface area contributed by atoms with Crippen LogP contribution in [0.1, 0.15) is 5.56 Å². The Morgan fingerprint density at radius 1 is 1.05 bits per heavy atom. The largest absolute Gasteiger partial charge is 0.493 e. The van der Waals surface area contributed by atoms with Gasteiger partial charge in [-0.05, 0) is 18.2 Å². The molecule has 0 saturated carbocycles. The molecular formula is C16H17N3O2. The molecule has 0 spiro atoms. The van der Waals surface area contributed by atoms with Crippen LogP contribution in [0.15, 0.2) is 47.5 Å². The average Bonchev–Trinajstić information content (AvgIpc) is 2.54. The van der Waals surface area contributed by atoms with Gasteiger partial charge in [-0.25, -0.2) is 4.99 Å². The Hall–Kier alpha value is -2.69. The second-order valence-electron chi connectivity index (χ2n) is 4.69. The molecule has 2 aromatic rings. The van der Waals surface area contributed by atoms with Gasteiger partial charge in [-0.3, -0.25) is 10.4 Å². The Morgan fingerprint density at radius 3 is 2.48 bits per heavy atom. The van der Waals surface area contributed by atoms with Crippen molar-refractivity contribution in [3.8, 4) is 11.5 Å². The maximum Gasteiger partial charge on any atom is 0.162 e. The van der Waals surface area contributed by atoms with E-state index >= 15 is 0 Å². The first kappa shape index (κ1) is 13.3. The average molecular weight is 283 g/mol. The molecule has 0 bridgehead atoms. The lowest BCUT2D eigenvalue weighted by atomic mass is 10.1. The number of hydrogen-bond donors (Lipinski definition) is 1. The minimum atomic E-state index is 0.692. The molecule has 1 heterocycles. The molecule has 1 N–H and O–H groups in total. The lowest BCUT2D eigenvalue weighted by Gasteiger charge is -2.26. The van der Waals surface area contributed by atoms with Gasteiger partial charge in [0.1, 0.15) is 6.34 Å². The van der Waals surface area contributed by atoms with E-state index in [2.05, 4.69) is 10.4 Å². The number of para-hydroxylation sites is 1. The van der Waals surface area contributed by atoms with Crippen molar-refractivity contribution < 1.29 is 9.47 Å². The van der Waals surface area contributed by atoms with E-state index in [4.69, 9.17) is 9.47 Å². The summed E-state index contributed by atoms with van der Waals surface area (Å²) in [6.07, 6.45) is 1.78. The summed E-state index contributed by atoms with van der Waals surface area (Å²) in [7, 11) is 3.26. The number of hydrazine groups is 1. The molecule has 5 nitrogen and oxygen atoms in total. The summed E-state index contributed by atoms with van der Waals surface area (Å²) < 4.78 is 10.6. The summed E-state index contributed by atoms with van der Waals surface area (Å²) in [6.45, 7) is 0.702. The van der Waals surface area contributed by atoms with Gasteiger partial charge in [-0.2, -0.15) is 0 Å². The molecular weight excluding hydrogens is 266 g/mol. The molecule has 108 valence electrons. The fraction of sp³-hybridized carbons (Fsp3) is 0.188. The molecule has 1 aliphatic heterocycles. The molecule has 0 saturated heterocycles. The highest BCUT2D eigenvalue weighted by molar-refractivity contribution is 5.71. The molecule has 0 aliphatic carbocycles. The zero-order valence-corrected chi connectivity index (χ0v) is 12.0. The van der Waals surface area contributed by atoms with Crippen LogP contribution in [0.3, 0.4) is 0 Å². The Labute approximate surface area is 123 Å². The molecule has 0 unspecified atom stereocenters. The van der Waals surface area contributed by atoms with Crippen molar-refractivity contribution in [2.45, 2.75) is 6.54 Å². The van der Waals surface area contributed by atoms with Crippen LogP contribution in [0, 0.1) is 0 Å². The van der Waals surface area contributed by atoms with E-state index in [0.29, 0.717) is 18.0 Å². The first-order chi connectivity index (χ1) is 10.3. The lowest BCUT2D eigenvalue weighted by molar-refractivity contribution is 0.354. The van der Waals surface area contributed by atoms with Crippen LogP contribution in [0.2, 0.25) is 0 Å². The summed E-state index contributed by atoms with van der Waals surface area (Å²) in [5.41, 5.74) is 6.30. The standard InChI is InChI=1S/C16H17N3O2/c1-20-15-8-12-10-19(18-13-6-4-3-5-7-13)11-17-14(12)9-16(15)21-2/h3-9,11,18H,10H2,1-2H3. The fourth-order valence-corrected chi connectivity index (χ4v) is 2.26. The SMILES string of the molecule is COc1cc2c(cc1OC)N=CN(Nc1ccccc1)C2. The number of fused-ring (bicyclic) bond motifs is 1. The van der Waals surface area contributed by atoms with Crippen molar-refractivity contribution in [2.75, 3.05) is 19.6 Å². The van der Waals surface area contributed by atoms with Crippen molar-refractivity contribution >= 4 is 17.7 Å². The van der Waals surface area contributed by atoms with Crippen LogP contribution in [0.5, 0.6) is 11.5 Å². The number of anilines is 1. The molecule has 1 aliphatic rings. The second-order valence-corrected chi connectivity index (χ2v) is 4.69. The number of nitrogens with zero attached hydrogens (tertiary/aromatic N) is 2. The molecule has 0 amide bonds. The number of benzene rings is 2. The number of methoxy groups -OCH3 is 2. The highest BCUT2D eigenvalue weighted by atomic mass is 16.5. The van der Waals surface area contributed by atoms with Crippen LogP contribution in [-0.4, -0.2) is 25.6 Å². The van der Waals surface area contributed by atoms with Gasteiger partial charge in [0, 0.05) is 11.6 Å². The minimum absolute atomic E-state index is 0.692. The fourth-order valence-electron chi connectivity index (χ4n) is 2.26. The number of ether oxygens (including phenoxy) is 2. The van der Waals surface area contributed by atoms with E-state index in [1.54, 1.807) is 20.6 Å². The molecule has 0 atom stereocenters. The highest BCUT2D eigenvalue weighted by Gasteiger charge is 2.16. The summed E-state index contributed by atoms with van der Waals surface area (Å²) in [5.74, 6) is 1.41. The normalized spacial score (nSPS) is 12.8. The van der Waals surface area contributed by atoms with Crippen LogP contribution in [0.25, 0.3) is 0 Å². The topological polar surface area (TPSA) is 46.1 Å². The van der Waals surface area contributed by atoms with Crippen LogP contribution in [-0.2, 0) is 6.54 Å². The molecule has 21 heavy (non-hydrogen) atoms. The number of hydrogen-bond acceptors (Lipinski definition) is 5. The Bertz CT molecular complexity index is 656. The smallest absolute Gasteiger partial charge is 0.162 e. The van der Waals surface area contributed by atoms with Crippen LogP contribution >= 0.6 is 0 Å². The number of aliphatic imine (C=N–C) groups is 1. The van der Waals surface area contributed by atoms with Gasteiger partial charge in [0.15, 0.2) is 11.5 Å². The van der Waals surface area contributed by atoms with Gasteiger partial charge in [-0.1, -0.05) is 18.2 Å². The van der Waals surface area contributed by atoms with Crippen molar-refractivity contribution in [3.63, 3.8) is 0 Å². The third-order valence-corrected chi connectivity index (χ3v) is 3.31. The van der Waals surface area contributed by atoms with E-state index in [0.717, 1.165) is 16.9 Å². The zero-order chi connectivity index (χ0) is 14.7. The van der Waals surface area contributed by atoms with Gasteiger partial charge in [0.25, 0.3) is 0 Å². The molecule has 0 radical (unpaired) electrons. The zero-order valence-electron chi connectivity index (χ0n) is 12.0. The third kappa shape index (κ3) is 2.76. The predicted octanol–water partition coefficient (Wildman–Crippen LogP) is 3.21. The first-order valence-electron chi connectivity index (χ1n) is 6.67. The number of rotatable bonds is 4. The van der Waals surface area contributed by atoms with Crippen molar-refractivity contribution in [1.82, 2.24) is 5.01 Å². The van der Waals surface area contributed by atoms with Crippen molar-refractivity contribution in [3.05, 3.63) is 48.0 Å². The lowest BCUT2D eigenvalue weighted by Crippen LogP contribution is -2.29. The summed E-state index contributed by atoms with van der Waals surface area (Å²) in [5, 5.41) is 1.93. The van der Waals surface area contributed by atoms with Crippen LogP contribution < -0.4 is 14.9 Å².